The Balaban J connectivity index is 4.41. The maximum absolute atomic E-state index is 12.1. The van der Waals surface area contributed by atoms with Crippen LogP contribution in [0.25, 0.3) is 0 Å². The molecule has 8 nitrogen and oxygen atoms in total. The molecule has 0 aromatic carbocycles. The van der Waals surface area contributed by atoms with E-state index in [9.17, 15) is 14.4 Å². The maximum Gasteiger partial charge on any atom is 0.312 e. The first-order chi connectivity index (χ1) is 10.2. The van der Waals surface area contributed by atoms with Gasteiger partial charge < -0.3 is 27.0 Å². The molecule has 1 unspecified atom stereocenters. The molecule has 0 rings (SSSR count). The van der Waals surface area contributed by atoms with Crippen LogP contribution in [0.2, 0.25) is 0 Å². The highest BCUT2D eigenvalue weighted by atomic mass is 16.2. The molecule has 0 heterocycles. The standard InChI is InChI=1S/C14H29N5O3/c1-9(2)17-8-12(20)19-11(13(21)18-10(3)4)6-5-7-16-14(15)22/h9-11,17H,5-8H2,1-4H3,(H,18,21)(H,19,20)(H3,15,16,22). The number of hydrogen-bond acceptors (Lipinski definition) is 4. The van der Waals surface area contributed by atoms with Crippen LogP contribution in [0.3, 0.4) is 0 Å². The highest BCUT2D eigenvalue weighted by Crippen LogP contribution is 1.98. The van der Waals surface area contributed by atoms with E-state index < -0.39 is 12.1 Å². The molecule has 0 aliphatic carbocycles. The molecule has 0 aliphatic rings. The van der Waals surface area contributed by atoms with Crippen molar-refractivity contribution < 1.29 is 14.4 Å². The predicted molar refractivity (Wildman–Crippen MR) is 85.2 cm³/mol. The van der Waals surface area contributed by atoms with Gasteiger partial charge in [-0.1, -0.05) is 13.8 Å². The number of carbonyl (C=O) groups excluding carboxylic acids is 3. The van der Waals surface area contributed by atoms with Crippen LogP contribution in [0, 0.1) is 0 Å². The predicted octanol–water partition coefficient (Wildman–Crippen LogP) is -0.558. The van der Waals surface area contributed by atoms with E-state index in [0.717, 1.165) is 0 Å². The summed E-state index contributed by atoms with van der Waals surface area (Å²) in [6.45, 7) is 8.10. The van der Waals surface area contributed by atoms with Gasteiger partial charge in [-0.25, -0.2) is 4.79 Å². The number of hydrogen-bond donors (Lipinski definition) is 5. The normalized spacial score (nSPS) is 12.1. The van der Waals surface area contributed by atoms with E-state index in [-0.39, 0.29) is 30.4 Å². The average molecular weight is 315 g/mol. The van der Waals surface area contributed by atoms with Crippen LogP contribution in [0.15, 0.2) is 0 Å². The molecule has 0 saturated heterocycles. The van der Waals surface area contributed by atoms with Crippen molar-refractivity contribution in [1.29, 1.82) is 0 Å². The van der Waals surface area contributed by atoms with Gasteiger partial charge >= 0.3 is 6.03 Å². The first-order valence-electron chi connectivity index (χ1n) is 7.58. The molecule has 6 N–H and O–H groups in total. The molecule has 0 aromatic heterocycles. The summed E-state index contributed by atoms with van der Waals surface area (Å²) < 4.78 is 0. The van der Waals surface area contributed by atoms with Gasteiger partial charge in [-0.2, -0.15) is 0 Å². The Kier molecular flexibility index (Phi) is 9.93. The van der Waals surface area contributed by atoms with Crippen molar-refractivity contribution in [1.82, 2.24) is 21.3 Å². The van der Waals surface area contributed by atoms with Gasteiger partial charge in [0.05, 0.1) is 6.54 Å². The highest BCUT2D eigenvalue weighted by molar-refractivity contribution is 5.88. The average Bonchev–Trinajstić information content (AvgIpc) is 2.38. The molecule has 0 fully saturated rings. The number of primary amides is 1. The molecular formula is C14H29N5O3. The Morgan fingerprint density at radius 1 is 1.00 bits per heavy atom. The summed E-state index contributed by atoms with van der Waals surface area (Å²) in [5, 5.41) is 10.9. The van der Waals surface area contributed by atoms with Crippen molar-refractivity contribution in [3.63, 3.8) is 0 Å². The Labute approximate surface area is 132 Å². The fraction of sp³-hybridized carbons (Fsp3) is 0.786. The second-order valence-electron chi connectivity index (χ2n) is 5.75. The van der Waals surface area contributed by atoms with Gasteiger partial charge in [0.1, 0.15) is 6.04 Å². The molecule has 128 valence electrons. The van der Waals surface area contributed by atoms with Crippen molar-refractivity contribution >= 4 is 17.8 Å². The van der Waals surface area contributed by atoms with E-state index in [4.69, 9.17) is 5.73 Å². The van der Waals surface area contributed by atoms with Crippen LogP contribution in [-0.4, -0.2) is 49.1 Å². The van der Waals surface area contributed by atoms with E-state index in [1.54, 1.807) is 0 Å². The zero-order valence-corrected chi connectivity index (χ0v) is 13.9. The number of rotatable bonds is 10. The van der Waals surface area contributed by atoms with Gasteiger partial charge in [-0.15, -0.1) is 0 Å². The molecule has 0 radical (unpaired) electrons. The lowest BCUT2D eigenvalue weighted by Crippen LogP contribution is -2.51. The van der Waals surface area contributed by atoms with E-state index in [0.29, 0.717) is 19.4 Å². The Morgan fingerprint density at radius 3 is 2.14 bits per heavy atom. The van der Waals surface area contributed by atoms with Crippen LogP contribution in [0.1, 0.15) is 40.5 Å². The topological polar surface area (TPSA) is 125 Å². The Morgan fingerprint density at radius 2 is 1.64 bits per heavy atom. The zero-order valence-electron chi connectivity index (χ0n) is 13.9. The van der Waals surface area contributed by atoms with Gasteiger partial charge in [-0.3, -0.25) is 9.59 Å². The second-order valence-corrected chi connectivity index (χ2v) is 5.75. The van der Waals surface area contributed by atoms with Crippen molar-refractivity contribution in [3.8, 4) is 0 Å². The fourth-order valence-corrected chi connectivity index (χ4v) is 1.71. The molecular weight excluding hydrogens is 286 g/mol. The van der Waals surface area contributed by atoms with E-state index in [2.05, 4.69) is 21.3 Å². The Hall–Kier alpha value is -1.83. The summed E-state index contributed by atoms with van der Waals surface area (Å²) in [7, 11) is 0. The van der Waals surface area contributed by atoms with E-state index >= 15 is 0 Å². The number of amides is 4. The number of nitrogens with one attached hydrogen (secondary N) is 4. The summed E-state index contributed by atoms with van der Waals surface area (Å²) in [5.74, 6) is -0.465. The minimum atomic E-state index is -0.626. The molecule has 1 atom stereocenters. The summed E-state index contributed by atoms with van der Waals surface area (Å²) >= 11 is 0. The molecule has 0 spiro atoms. The van der Waals surface area contributed by atoms with Gasteiger partial charge in [0.15, 0.2) is 0 Å². The minimum Gasteiger partial charge on any atom is -0.352 e. The second kappa shape index (κ2) is 10.8. The lowest BCUT2D eigenvalue weighted by Gasteiger charge is -2.20. The molecule has 0 bridgehead atoms. The smallest absolute Gasteiger partial charge is 0.312 e. The quantitative estimate of drug-likeness (QED) is 0.347. The SMILES string of the molecule is CC(C)NCC(=O)NC(CCCNC(N)=O)C(=O)NC(C)C. The van der Waals surface area contributed by atoms with Crippen LogP contribution in [0.4, 0.5) is 4.79 Å². The first-order valence-corrected chi connectivity index (χ1v) is 7.58. The minimum absolute atomic E-state index is 0.00978. The third-order valence-electron chi connectivity index (χ3n) is 2.72. The molecule has 4 amide bonds. The molecule has 0 aromatic rings. The lowest BCUT2D eigenvalue weighted by atomic mass is 10.1. The third-order valence-corrected chi connectivity index (χ3v) is 2.72. The van der Waals surface area contributed by atoms with E-state index in [1.807, 2.05) is 27.7 Å². The maximum atomic E-state index is 12.1. The van der Waals surface area contributed by atoms with Crippen LogP contribution in [0.5, 0.6) is 0 Å². The summed E-state index contributed by atoms with van der Waals surface area (Å²) in [5.41, 5.74) is 4.98. The van der Waals surface area contributed by atoms with Crippen LogP contribution >= 0.6 is 0 Å². The fourth-order valence-electron chi connectivity index (χ4n) is 1.71. The third kappa shape index (κ3) is 10.9. The summed E-state index contributed by atoms with van der Waals surface area (Å²) in [6.07, 6.45) is 0.962. The highest BCUT2D eigenvalue weighted by Gasteiger charge is 2.20. The summed E-state index contributed by atoms with van der Waals surface area (Å²) in [4.78, 5) is 34.5. The van der Waals surface area contributed by atoms with Crippen molar-refractivity contribution in [2.24, 2.45) is 5.73 Å². The van der Waals surface area contributed by atoms with Crippen LogP contribution in [-0.2, 0) is 9.59 Å². The van der Waals surface area contributed by atoms with Crippen molar-refractivity contribution in [2.45, 2.75) is 58.7 Å². The number of carbonyl (C=O) groups is 3. The van der Waals surface area contributed by atoms with Gasteiger partial charge in [0.2, 0.25) is 11.8 Å². The molecule has 8 heteroatoms. The summed E-state index contributed by atoms with van der Waals surface area (Å²) in [6, 6.07) is -1.05. The molecule has 0 saturated carbocycles. The zero-order chi connectivity index (χ0) is 17.1. The largest absolute Gasteiger partial charge is 0.352 e. The monoisotopic (exact) mass is 315 g/mol. The van der Waals surface area contributed by atoms with Gasteiger partial charge in [0.25, 0.3) is 0 Å². The van der Waals surface area contributed by atoms with Crippen molar-refractivity contribution in [2.75, 3.05) is 13.1 Å². The molecule has 0 aliphatic heterocycles. The lowest BCUT2D eigenvalue weighted by molar-refractivity contribution is -0.129. The van der Waals surface area contributed by atoms with E-state index in [1.165, 1.54) is 0 Å². The van der Waals surface area contributed by atoms with Crippen LogP contribution < -0.4 is 27.0 Å². The number of urea groups is 1. The Bertz CT molecular complexity index is 371. The van der Waals surface area contributed by atoms with Gasteiger partial charge in [-0.05, 0) is 26.7 Å². The first kappa shape index (κ1) is 20.2. The van der Waals surface area contributed by atoms with Gasteiger partial charge in [0, 0.05) is 18.6 Å². The van der Waals surface area contributed by atoms with Crippen molar-refractivity contribution in [3.05, 3.63) is 0 Å². The number of nitrogens with two attached hydrogens (primary N) is 1. The molecule has 22 heavy (non-hydrogen) atoms.